The maximum Gasteiger partial charge on any atom is 0.314 e. The Bertz CT molecular complexity index is 345. The van der Waals surface area contributed by atoms with Gasteiger partial charge in [0.2, 0.25) is 0 Å². The average Bonchev–Trinajstić information content (AvgIpc) is 2.18. The van der Waals surface area contributed by atoms with E-state index in [9.17, 15) is 4.21 Å². The summed E-state index contributed by atoms with van der Waals surface area (Å²) >= 11 is -2.01. The first-order valence-electron chi connectivity index (χ1n) is 3.52. The van der Waals surface area contributed by atoms with Crippen LogP contribution in [0.5, 0.6) is 5.75 Å². The molecule has 1 atom stereocenters. The Kier molecular flexibility index (Phi) is 3.63. The first kappa shape index (κ1) is 10.7. The molecule has 1 aromatic carbocycles. The molecule has 1 aromatic rings. The zero-order valence-corrected chi connectivity index (χ0v) is 7.86. The minimum absolute atomic E-state index is 0.257. The van der Waals surface area contributed by atoms with Gasteiger partial charge in [0.15, 0.2) is 11.1 Å². The number of ether oxygens (including phenoxy) is 1. The van der Waals surface area contributed by atoms with Crippen LogP contribution in [0.25, 0.3) is 0 Å². The zero-order chi connectivity index (χ0) is 10.6. The fraction of sp³-hybridized carbons (Fsp3) is 0. The molecule has 1 unspecified atom stereocenters. The van der Waals surface area contributed by atoms with Gasteiger partial charge in [0.25, 0.3) is 0 Å². The third-order valence-corrected chi connectivity index (χ3v) is 2.03. The maximum atomic E-state index is 10.6. The summed E-state index contributed by atoms with van der Waals surface area (Å²) in [7, 11) is 0. The van der Waals surface area contributed by atoms with Crippen LogP contribution in [-0.2, 0) is 16.0 Å². The molecule has 0 radical (unpaired) electrons. The number of benzene rings is 1. The normalized spacial score (nSPS) is 11.9. The van der Waals surface area contributed by atoms with E-state index in [0.29, 0.717) is 5.75 Å². The summed E-state index contributed by atoms with van der Waals surface area (Å²) in [6.07, 6.45) is 0. The summed E-state index contributed by atoms with van der Waals surface area (Å²) in [5, 5.41) is 8.13. The van der Waals surface area contributed by atoms with Gasteiger partial charge in [0.05, 0.1) is 4.90 Å². The highest BCUT2D eigenvalue weighted by Crippen LogP contribution is 2.16. The van der Waals surface area contributed by atoms with E-state index in [1.54, 1.807) is 0 Å². The second-order valence-corrected chi connectivity index (χ2v) is 3.26. The molecule has 76 valence electrons. The van der Waals surface area contributed by atoms with Crippen LogP contribution in [0.3, 0.4) is 0 Å². The van der Waals surface area contributed by atoms with E-state index in [0.717, 1.165) is 0 Å². The second-order valence-electron chi connectivity index (χ2n) is 2.29. The lowest BCUT2D eigenvalue weighted by Crippen LogP contribution is -1.96. The Morgan fingerprint density at radius 3 is 2.36 bits per heavy atom. The van der Waals surface area contributed by atoms with Gasteiger partial charge < -0.3 is 14.2 Å². The fourth-order valence-electron chi connectivity index (χ4n) is 0.774. The lowest BCUT2D eigenvalue weighted by molar-refractivity contribution is -0.230. The standard InChI is InChI=1S/C8H8O5S/c1-6(13-9)12-7-2-4-8(5-3-7)14(10)11/h2-5,9H,1H2,(H,10,11). The highest BCUT2D eigenvalue weighted by atomic mass is 32.2. The molecule has 6 heteroatoms. The maximum absolute atomic E-state index is 10.6. The minimum atomic E-state index is -2.01. The van der Waals surface area contributed by atoms with E-state index in [1.165, 1.54) is 24.3 Å². The van der Waals surface area contributed by atoms with Gasteiger partial charge in [-0.2, -0.15) is 5.26 Å². The Balaban J connectivity index is 2.73. The zero-order valence-electron chi connectivity index (χ0n) is 7.04. The topological polar surface area (TPSA) is 76.0 Å². The summed E-state index contributed by atoms with van der Waals surface area (Å²) in [6, 6.07) is 5.73. The average molecular weight is 216 g/mol. The van der Waals surface area contributed by atoms with Crippen LogP contribution in [0.2, 0.25) is 0 Å². The molecule has 0 aliphatic rings. The Labute approximate surface area is 82.8 Å². The van der Waals surface area contributed by atoms with Crippen LogP contribution in [0, 0.1) is 0 Å². The van der Waals surface area contributed by atoms with Crippen LogP contribution < -0.4 is 4.74 Å². The second kappa shape index (κ2) is 4.75. The molecule has 0 aliphatic heterocycles. The van der Waals surface area contributed by atoms with Gasteiger partial charge >= 0.3 is 5.95 Å². The van der Waals surface area contributed by atoms with E-state index in [2.05, 4.69) is 11.5 Å². The smallest absolute Gasteiger partial charge is 0.314 e. The van der Waals surface area contributed by atoms with Gasteiger partial charge in [-0.1, -0.05) is 0 Å². The van der Waals surface area contributed by atoms with E-state index in [-0.39, 0.29) is 10.8 Å². The lowest BCUT2D eigenvalue weighted by atomic mass is 10.3. The van der Waals surface area contributed by atoms with Crippen molar-refractivity contribution >= 4 is 11.1 Å². The van der Waals surface area contributed by atoms with Gasteiger partial charge in [0.1, 0.15) is 5.75 Å². The van der Waals surface area contributed by atoms with Crippen molar-refractivity contribution < 1.29 is 23.6 Å². The molecule has 2 N–H and O–H groups in total. The molecule has 0 saturated carbocycles. The van der Waals surface area contributed by atoms with E-state index in [1.807, 2.05) is 0 Å². The summed E-state index contributed by atoms with van der Waals surface area (Å²) < 4.78 is 24.1. The van der Waals surface area contributed by atoms with Crippen molar-refractivity contribution in [2.45, 2.75) is 4.90 Å². The molecule has 0 amide bonds. The molecule has 0 spiro atoms. The van der Waals surface area contributed by atoms with Crippen LogP contribution in [0.1, 0.15) is 0 Å². The summed E-state index contributed by atoms with van der Waals surface area (Å²) in [4.78, 5) is 3.96. The molecule has 0 aliphatic carbocycles. The predicted octanol–water partition coefficient (Wildman–Crippen LogP) is 1.61. The number of hydrogen-bond acceptors (Lipinski definition) is 4. The molecule has 0 heterocycles. The molecule has 5 nitrogen and oxygen atoms in total. The first-order chi connectivity index (χ1) is 6.63. The van der Waals surface area contributed by atoms with Gasteiger partial charge in [0, 0.05) is 0 Å². The lowest BCUT2D eigenvalue weighted by Gasteiger charge is -2.04. The Hall–Kier alpha value is -1.37. The monoisotopic (exact) mass is 216 g/mol. The van der Waals surface area contributed by atoms with Crippen LogP contribution in [0.4, 0.5) is 0 Å². The summed E-state index contributed by atoms with van der Waals surface area (Å²) in [5.74, 6) is 0.0705. The fourth-order valence-corrected chi connectivity index (χ4v) is 1.14. The van der Waals surface area contributed by atoms with Crippen molar-refractivity contribution in [1.29, 1.82) is 0 Å². The number of rotatable bonds is 4. The third kappa shape index (κ3) is 2.84. The van der Waals surface area contributed by atoms with Crippen molar-refractivity contribution in [3.05, 3.63) is 36.8 Å². The van der Waals surface area contributed by atoms with Crippen molar-refractivity contribution in [3.63, 3.8) is 0 Å². The van der Waals surface area contributed by atoms with Crippen LogP contribution in [-0.4, -0.2) is 14.0 Å². The van der Waals surface area contributed by atoms with Gasteiger partial charge in [-0.15, -0.1) is 0 Å². The highest BCUT2D eigenvalue weighted by Gasteiger charge is 2.01. The van der Waals surface area contributed by atoms with E-state index >= 15 is 0 Å². The summed E-state index contributed by atoms with van der Waals surface area (Å²) in [6.45, 7) is 3.22. The Morgan fingerprint density at radius 2 is 1.93 bits per heavy atom. The predicted molar refractivity (Wildman–Crippen MR) is 49.0 cm³/mol. The minimum Gasteiger partial charge on any atom is -0.425 e. The van der Waals surface area contributed by atoms with Crippen molar-refractivity contribution in [3.8, 4) is 5.75 Å². The molecular formula is C8H8O5S. The largest absolute Gasteiger partial charge is 0.425 e. The molecular weight excluding hydrogens is 208 g/mol. The highest BCUT2D eigenvalue weighted by molar-refractivity contribution is 7.79. The van der Waals surface area contributed by atoms with Crippen molar-refractivity contribution in [1.82, 2.24) is 0 Å². The molecule has 0 fully saturated rings. The van der Waals surface area contributed by atoms with Crippen LogP contribution >= 0.6 is 0 Å². The van der Waals surface area contributed by atoms with Gasteiger partial charge in [-0.05, 0) is 30.8 Å². The Morgan fingerprint density at radius 1 is 1.36 bits per heavy atom. The van der Waals surface area contributed by atoms with Crippen molar-refractivity contribution in [2.24, 2.45) is 0 Å². The molecule has 0 bridgehead atoms. The van der Waals surface area contributed by atoms with Gasteiger partial charge in [-0.3, -0.25) is 0 Å². The van der Waals surface area contributed by atoms with E-state index in [4.69, 9.17) is 14.5 Å². The molecule has 0 saturated heterocycles. The quantitative estimate of drug-likeness (QED) is 0.346. The SMILES string of the molecule is C=C(OO)Oc1ccc(S(=O)O)cc1. The molecule has 14 heavy (non-hydrogen) atoms. The third-order valence-electron chi connectivity index (χ3n) is 1.36. The van der Waals surface area contributed by atoms with Crippen molar-refractivity contribution in [2.75, 3.05) is 0 Å². The molecule has 1 rings (SSSR count). The number of hydrogen-bond donors (Lipinski definition) is 2. The first-order valence-corrected chi connectivity index (χ1v) is 4.63. The van der Waals surface area contributed by atoms with Crippen LogP contribution in [0.15, 0.2) is 41.7 Å². The summed E-state index contributed by atoms with van der Waals surface area (Å²) in [5.41, 5.74) is 0. The van der Waals surface area contributed by atoms with E-state index < -0.39 is 11.1 Å². The molecule has 0 aromatic heterocycles. The van der Waals surface area contributed by atoms with Gasteiger partial charge in [-0.25, -0.2) is 4.21 Å².